The third-order valence-electron chi connectivity index (χ3n) is 2.42. The number of aromatic nitrogens is 2. The monoisotopic (exact) mass is 149 g/mol. The van der Waals surface area contributed by atoms with E-state index in [-0.39, 0.29) is 0 Å². The highest BCUT2D eigenvalue weighted by Crippen LogP contribution is 2.26. The first-order valence-electron chi connectivity index (χ1n) is 4.37. The van der Waals surface area contributed by atoms with Crippen molar-refractivity contribution in [2.45, 2.75) is 38.1 Å². The molecule has 0 atom stereocenters. The van der Waals surface area contributed by atoms with Gasteiger partial charge in [0.15, 0.2) is 0 Å². The van der Waals surface area contributed by atoms with Gasteiger partial charge in [-0.1, -0.05) is 19.3 Å². The van der Waals surface area contributed by atoms with Gasteiger partial charge in [-0.05, 0) is 12.8 Å². The van der Waals surface area contributed by atoms with E-state index in [0.29, 0.717) is 6.04 Å². The van der Waals surface area contributed by atoms with Gasteiger partial charge in [-0.2, -0.15) is 5.10 Å². The van der Waals surface area contributed by atoms with Crippen molar-refractivity contribution >= 4 is 0 Å². The van der Waals surface area contributed by atoms with Crippen molar-refractivity contribution in [3.05, 3.63) is 18.5 Å². The lowest BCUT2D eigenvalue weighted by atomic mass is 9.96. The van der Waals surface area contributed by atoms with Gasteiger partial charge in [-0.25, -0.2) is 0 Å². The van der Waals surface area contributed by atoms with Gasteiger partial charge >= 0.3 is 0 Å². The van der Waals surface area contributed by atoms with Crippen LogP contribution >= 0.6 is 0 Å². The molecule has 2 heteroatoms. The maximum absolute atomic E-state index is 4.20. The molecule has 0 unspecified atom stereocenters. The Labute approximate surface area is 67.2 Å². The molecule has 0 aromatic carbocycles. The van der Waals surface area contributed by atoms with E-state index in [1.54, 1.807) is 6.20 Å². The van der Waals surface area contributed by atoms with Crippen LogP contribution in [0.25, 0.3) is 0 Å². The minimum absolute atomic E-state index is 0.662. The summed E-state index contributed by atoms with van der Waals surface area (Å²) >= 11 is 0. The van der Waals surface area contributed by atoms with E-state index < -0.39 is 0 Å². The first-order valence-corrected chi connectivity index (χ1v) is 4.37. The summed E-state index contributed by atoms with van der Waals surface area (Å²) in [5, 5.41) is 4.20. The van der Waals surface area contributed by atoms with Crippen LogP contribution in [0.5, 0.6) is 0 Å². The predicted octanol–water partition coefficient (Wildman–Crippen LogP) is 2.19. The van der Waals surface area contributed by atoms with Crippen LogP contribution < -0.4 is 0 Å². The number of hydrogen-bond donors (Lipinski definition) is 0. The summed E-state index contributed by atoms with van der Waals surface area (Å²) in [4.78, 5) is 0. The molecule has 0 spiro atoms. The fraction of sp³-hybridized carbons (Fsp3) is 0.667. The van der Waals surface area contributed by atoms with Crippen molar-refractivity contribution < 1.29 is 0 Å². The second-order valence-electron chi connectivity index (χ2n) is 3.21. The minimum Gasteiger partial charge on any atom is -0.269 e. The van der Waals surface area contributed by atoms with E-state index in [9.17, 15) is 0 Å². The molecule has 2 nitrogen and oxygen atoms in total. The Hall–Kier alpha value is -0.790. The average molecular weight is 149 g/mol. The van der Waals surface area contributed by atoms with Gasteiger partial charge in [0.25, 0.3) is 0 Å². The first kappa shape index (κ1) is 6.89. The summed E-state index contributed by atoms with van der Waals surface area (Å²) in [5.74, 6) is 0. The molecule has 0 saturated heterocycles. The largest absolute Gasteiger partial charge is 0.269 e. The van der Waals surface area contributed by atoms with E-state index >= 15 is 0 Å². The van der Waals surface area contributed by atoms with Crippen LogP contribution in [0.4, 0.5) is 0 Å². The molecule has 1 saturated carbocycles. The molecule has 1 heterocycles. The quantitative estimate of drug-likeness (QED) is 0.598. The smallest absolute Gasteiger partial charge is 0.0569 e. The molecule has 11 heavy (non-hydrogen) atoms. The maximum atomic E-state index is 4.20. The Morgan fingerprint density at radius 2 is 2.09 bits per heavy atom. The summed E-state index contributed by atoms with van der Waals surface area (Å²) < 4.78 is 2.05. The van der Waals surface area contributed by atoms with Gasteiger partial charge in [-0.15, -0.1) is 0 Å². The highest BCUT2D eigenvalue weighted by molar-refractivity contribution is 4.80. The first-order chi connectivity index (χ1) is 5.47. The third-order valence-corrected chi connectivity index (χ3v) is 2.42. The number of rotatable bonds is 1. The fourth-order valence-electron chi connectivity index (χ4n) is 1.79. The molecular weight excluding hydrogens is 136 g/mol. The van der Waals surface area contributed by atoms with Gasteiger partial charge < -0.3 is 0 Å². The second-order valence-corrected chi connectivity index (χ2v) is 3.21. The lowest BCUT2D eigenvalue weighted by Crippen LogP contribution is -2.12. The zero-order valence-electron chi connectivity index (χ0n) is 6.66. The zero-order valence-corrected chi connectivity index (χ0v) is 6.66. The molecule has 1 aliphatic rings. The molecule has 2 rings (SSSR count). The topological polar surface area (TPSA) is 17.8 Å². The van der Waals surface area contributed by atoms with Crippen molar-refractivity contribution in [2.24, 2.45) is 0 Å². The van der Waals surface area contributed by atoms with Crippen molar-refractivity contribution in [3.63, 3.8) is 0 Å². The Morgan fingerprint density at radius 3 is 2.73 bits per heavy atom. The number of hydrogen-bond acceptors (Lipinski definition) is 1. The molecule has 0 aliphatic heterocycles. The van der Waals surface area contributed by atoms with Crippen LogP contribution in [0.2, 0.25) is 0 Å². The second kappa shape index (κ2) is 3.07. The van der Waals surface area contributed by atoms with Crippen LogP contribution in [-0.4, -0.2) is 9.78 Å². The van der Waals surface area contributed by atoms with Crippen LogP contribution in [0.3, 0.4) is 0 Å². The van der Waals surface area contributed by atoms with Crippen LogP contribution in [-0.2, 0) is 0 Å². The molecule has 1 aromatic heterocycles. The lowest BCUT2D eigenvalue weighted by molar-refractivity contribution is 0.329. The third kappa shape index (κ3) is 1.44. The highest BCUT2D eigenvalue weighted by Gasteiger charge is 2.14. The molecule has 1 aromatic rings. The van der Waals surface area contributed by atoms with E-state index in [2.05, 4.69) is 15.8 Å². The van der Waals surface area contributed by atoms with Crippen molar-refractivity contribution in [3.8, 4) is 0 Å². The van der Waals surface area contributed by atoms with Crippen molar-refractivity contribution in [1.82, 2.24) is 9.78 Å². The van der Waals surface area contributed by atoms with Gasteiger partial charge in [0.1, 0.15) is 0 Å². The summed E-state index contributed by atoms with van der Waals surface area (Å²) in [6.07, 6.45) is 10.4. The van der Waals surface area contributed by atoms with E-state index in [1.165, 1.54) is 32.1 Å². The molecule has 1 radical (unpaired) electrons. The molecular formula is C9H13N2. The van der Waals surface area contributed by atoms with E-state index in [0.717, 1.165) is 0 Å². The Balaban J connectivity index is 2.04. The fourth-order valence-corrected chi connectivity index (χ4v) is 1.79. The predicted molar refractivity (Wildman–Crippen MR) is 43.2 cm³/mol. The summed E-state index contributed by atoms with van der Waals surface area (Å²) in [7, 11) is 0. The lowest BCUT2D eigenvalue weighted by Gasteiger charge is -2.21. The molecule has 59 valence electrons. The SMILES string of the molecule is [c]1cnn(C2CCCCC2)c1. The molecule has 0 bridgehead atoms. The molecule has 0 N–H and O–H groups in total. The minimum atomic E-state index is 0.662. The normalized spacial score (nSPS) is 20.4. The summed E-state index contributed by atoms with van der Waals surface area (Å²) in [6.45, 7) is 0. The van der Waals surface area contributed by atoms with Crippen molar-refractivity contribution in [2.75, 3.05) is 0 Å². The van der Waals surface area contributed by atoms with Gasteiger partial charge in [0.05, 0.1) is 12.2 Å². The molecule has 0 amide bonds. The van der Waals surface area contributed by atoms with Crippen LogP contribution in [0.1, 0.15) is 38.1 Å². The molecule has 1 fully saturated rings. The van der Waals surface area contributed by atoms with Gasteiger partial charge in [0, 0.05) is 12.3 Å². The standard InChI is InChI=1S/C9H13N2/c1-2-5-9(6-3-1)11-8-4-7-10-11/h7-9H,1-3,5-6H2. The van der Waals surface area contributed by atoms with Gasteiger partial charge in [-0.3, -0.25) is 4.68 Å². The van der Waals surface area contributed by atoms with Crippen molar-refractivity contribution in [1.29, 1.82) is 0 Å². The van der Waals surface area contributed by atoms with Gasteiger partial charge in [0.2, 0.25) is 0 Å². The zero-order chi connectivity index (χ0) is 7.52. The average Bonchev–Trinajstić information content (AvgIpc) is 2.58. The summed E-state index contributed by atoms with van der Waals surface area (Å²) in [6, 6.07) is 3.64. The van der Waals surface area contributed by atoms with Crippen LogP contribution in [0.15, 0.2) is 12.4 Å². The summed E-state index contributed by atoms with van der Waals surface area (Å²) in [5.41, 5.74) is 0. The highest BCUT2D eigenvalue weighted by atomic mass is 15.3. The Kier molecular flexibility index (Phi) is 1.93. The Morgan fingerprint density at radius 1 is 1.27 bits per heavy atom. The van der Waals surface area contributed by atoms with E-state index in [4.69, 9.17) is 0 Å². The van der Waals surface area contributed by atoms with Crippen LogP contribution in [0, 0.1) is 6.07 Å². The van der Waals surface area contributed by atoms with E-state index in [1.807, 2.05) is 6.20 Å². The molecule has 1 aliphatic carbocycles. The maximum Gasteiger partial charge on any atom is 0.0569 e. The number of nitrogens with zero attached hydrogens (tertiary/aromatic N) is 2. The Bertz CT molecular complexity index is 197.